The Morgan fingerprint density at radius 3 is 0.789 bits per heavy atom. The second-order valence-electron chi connectivity index (χ2n) is 23.1. The number of carbonyl (C=O) groups is 3. The molecule has 0 aromatic carbocycles. The first-order chi connectivity index (χ1) is 37.5. The van der Waals surface area contributed by atoms with Crippen LogP contribution < -0.4 is 0 Å². The van der Waals surface area contributed by atoms with Crippen molar-refractivity contribution in [2.24, 2.45) is 0 Å². The molecule has 0 N–H and O–H groups in total. The smallest absolute Gasteiger partial charge is 0.306 e. The molecule has 0 saturated heterocycles. The van der Waals surface area contributed by atoms with Crippen molar-refractivity contribution in [1.29, 1.82) is 0 Å². The summed E-state index contributed by atoms with van der Waals surface area (Å²) in [5, 5.41) is 0. The van der Waals surface area contributed by atoms with Gasteiger partial charge in [-0.3, -0.25) is 14.4 Å². The van der Waals surface area contributed by atoms with E-state index in [0.29, 0.717) is 19.3 Å². The van der Waals surface area contributed by atoms with Gasteiger partial charge < -0.3 is 14.2 Å². The summed E-state index contributed by atoms with van der Waals surface area (Å²) in [6.07, 6.45) is 80.5. The number of carbonyl (C=O) groups excluding carboxylic acids is 3. The summed E-state index contributed by atoms with van der Waals surface area (Å²) in [5.74, 6) is -0.865. The highest BCUT2D eigenvalue weighted by atomic mass is 16.6. The molecule has 0 aromatic rings. The molecule has 1 unspecified atom stereocenters. The number of hydrogen-bond donors (Lipinski definition) is 0. The van der Waals surface area contributed by atoms with Crippen molar-refractivity contribution in [1.82, 2.24) is 0 Å². The molecule has 76 heavy (non-hydrogen) atoms. The number of esters is 3. The normalized spacial score (nSPS) is 12.2. The zero-order chi connectivity index (χ0) is 55.0. The lowest BCUT2D eigenvalue weighted by Gasteiger charge is -2.18. The van der Waals surface area contributed by atoms with E-state index in [1.165, 1.54) is 244 Å². The summed E-state index contributed by atoms with van der Waals surface area (Å²) in [4.78, 5) is 38.2. The standard InChI is InChI=1S/C70H130O6/c1-4-7-10-13-16-19-22-25-26-27-28-29-30-31-32-33-34-35-36-37-38-39-40-41-42-43-44-46-48-51-54-57-60-63-69(72)75-66-67(65-74-68(71)62-59-56-53-50-47-24-21-18-15-12-9-6-3)76-70(73)64-61-58-55-52-49-45-23-20-17-14-11-8-5-2/h11,14,20,23,27-28,67H,4-10,12-13,15-19,21-22,24-26,29-66H2,1-3H3/b14-11-,23-20-,28-27-. The number of rotatable bonds is 63. The van der Waals surface area contributed by atoms with Crippen LogP contribution in [0.3, 0.4) is 0 Å². The highest BCUT2D eigenvalue weighted by Crippen LogP contribution is 2.18. The molecule has 0 heterocycles. The van der Waals surface area contributed by atoms with Gasteiger partial charge in [-0.1, -0.05) is 320 Å². The molecule has 0 spiro atoms. The van der Waals surface area contributed by atoms with E-state index < -0.39 is 6.10 Å². The lowest BCUT2D eigenvalue weighted by molar-refractivity contribution is -0.167. The topological polar surface area (TPSA) is 78.9 Å². The van der Waals surface area contributed by atoms with Gasteiger partial charge in [-0.15, -0.1) is 0 Å². The maximum Gasteiger partial charge on any atom is 0.306 e. The molecule has 0 saturated carbocycles. The second-order valence-corrected chi connectivity index (χ2v) is 23.1. The highest BCUT2D eigenvalue weighted by molar-refractivity contribution is 5.71. The summed E-state index contributed by atoms with van der Waals surface area (Å²) in [6, 6.07) is 0. The Balaban J connectivity index is 4.03. The first kappa shape index (κ1) is 73.6. The van der Waals surface area contributed by atoms with Crippen molar-refractivity contribution >= 4 is 17.9 Å². The van der Waals surface area contributed by atoms with Crippen LogP contribution in [0.2, 0.25) is 0 Å². The van der Waals surface area contributed by atoms with Crippen molar-refractivity contribution < 1.29 is 28.6 Å². The predicted molar refractivity (Wildman–Crippen MR) is 330 cm³/mol. The Bertz CT molecular complexity index is 1270. The van der Waals surface area contributed by atoms with Gasteiger partial charge in [-0.05, 0) is 70.6 Å². The van der Waals surface area contributed by atoms with E-state index in [-0.39, 0.29) is 31.1 Å². The Labute approximate surface area is 474 Å². The van der Waals surface area contributed by atoms with E-state index in [2.05, 4.69) is 57.2 Å². The van der Waals surface area contributed by atoms with Crippen molar-refractivity contribution in [2.75, 3.05) is 13.2 Å². The molecule has 6 nitrogen and oxygen atoms in total. The fraction of sp³-hybridized carbons (Fsp3) is 0.871. The van der Waals surface area contributed by atoms with Crippen LogP contribution in [0, 0.1) is 0 Å². The van der Waals surface area contributed by atoms with Crippen molar-refractivity contribution in [3.8, 4) is 0 Å². The van der Waals surface area contributed by atoms with Crippen molar-refractivity contribution in [3.63, 3.8) is 0 Å². The number of ether oxygens (including phenoxy) is 3. The molecular weight excluding hydrogens is 937 g/mol. The monoisotopic (exact) mass is 1070 g/mol. The van der Waals surface area contributed by atoms with Gasteiger partial charge in [0.25, 0.3) is 0 Å². The average Bonchev–Trinajstić information content (AvgIpc) is 3.42. The molecule has 0 aliphatic heterocycles. The van der Waals surface area contributed by atoms with E-state index >= 15 is 0 Å². The SMILES string of the molecule is CCC/C=C\C/C=C\CCCCCCCC(=O)OC(COC(=O)CCCCCCCCCCCCCC)COC(=O)CCCCCCCCCCCCCCCCCCCCCCC/C=C\CCCCCCCCCC. The molecule has 1 atom stereocenters. The lowest BCUT2D eigenvalue weighted by Crippen LogP contribution is -2.30. The largest absolute Gasteiger partial charge is 0.462 e. The molecule has 0 fully saturated rings. The molecule has 6 heteroatoms. The third kappa shape index (κ3) is 62.5. The maximum atomic E-state index is 12.8. The van der Waals surface area contributed by atoms with E-state index in [9.17, 15) is 14.4 Å². The van der Waals surface area contributed by atoms with Crippen molar-refractivity contribution in [2.45, 2.75) is 380 Å². The van der Waals surface area contributed by atoms with Crippen LogP contribution in [-0.2, 0) is 28.6 Å². The third-order valence-electron chi connectivity index (χ3n) is 15.3. The summed E-state index contributed by atoms with van der Waals surface area (Å²) < 4.78 is 16.9. The molecule has 0 radical (unpaired) electrons. The van der Waals surface area contributed by atoms with Crippen LogP contribution in [0.5, 0.6) is 0 Å². The van der Waals surface area contributed by atoms with Crippen LogP contribution in [0.25, 0.3) is 0 Å². The molecular formula is C70H130O6. The van der Waals surface area contributed by atoms with Gasteiger partial charge in [-0.2, -0.15) is 0 Å². The zero-order valence-electron chi connectivity index (χ0n) is 51.3. The van der Waals surface area contributed by atoms with Crippen LogP contribution in [0.15, 0.2) is 36.5 Å². The molecule has 0 aromatic heterocycles. The summed E-state index contributed by atoms with van der Waals surface area (Å²) >= 11 is 0. The van der Waals surface area contributed by atoms with Crippen LogP contribution in [0.1, 0.15) is 374 Å². The van der Waals surface area contributed by atoms with Gasteiger partial charge >= 0.3 is 17.9 Å². The van der Waals surface area contributed by atoms with Gasteiger partial charge in [0.2, 0.25) is 0 Å². The minimum absolute atomic E-state index is 0.0727. The Kier molecular flexibility index (Phi) is 63.1. The van der Waals surface area contributed by atoms with Crippen LogP contribution in [-0.4, -0.2) is 37.2 Å². The minimum atomic E-state index is -0.775. The molecule has 0 bridgehead atoms. The summed E-state index contributed by atoms with van der Waals surface area (Å²) in [6.45, 7) is 6.61. The molecule has 0 aliphatic rings. The number of hydrogen-bond acceptors (Lipinski definition) is 6. The summed E-state index contributed by atoms with van der Waals surface area (Å²) in [5.41, 5.74) is 0. The quantitative estimate of drug-likeness (QED) is 0.0261. The molecule has 0 amide bonds. The van der Waals surface area contributed by atoms with Gasteiger partial charge in [0.15, 0.2) is 6.10 Å². The van der Waals surface area contributed by atoms with Crippen LogP contribution >= 0.6 is 0 Å². The average molecular weight is 1070 g/mol. The first-order valence-corrected chi connectivity index (χ1v) is 34.0. The molecule has 446 valence electrons. The van der Waals surface area contributed by atoms with E-state index in [0.717, 1.165) is 89.9 Å². The zero-order valence-corrected chi connectivity index (χ0v) is 51.3. The maximum absolute atomic E-state index is 12.8. The number of unbranched alkanes of at least 4 members (excludes halogenated alkanes) is 46. The Morgan fingerprint density at radius 1 is 0.263 bits per heavy atom. The molecule has 0 rings (SSSR count). The van der Waals surface area contributed by atoms with Gasteiger partial charge in [0.1, 0.15) is 13.2 Å². The molecule has 0 aliphatic carbocycles. The Morgan fingerprint density at radius 2 is 0.500 bits per heavy atom. The summed E-state index contributed by atoms with van der Waals surface area (Å²) in [7, 11) is 0. The van der Waals surface area contributed by atoms with Gasteiger partial charge in [0.05, 0.1) is 0 Å². The van der Waals surface area contributed by atoms with Crippen molar-refractivity contribution in [3.05, 3.63) is 36.5 Å². The highest BCUT2D eigenvalue weighted by Gasteiger charge is 2.19. The minimum Gasteiger partial charge on any atom is -0.462 e. The van der Waals surface area contributed by atoms with E-state index in [4.69, 9.17) is 14.2 Å². The van der Waals surface area contributed by atoms with Gasteiger partial charge in [-0.25, -0.2) is 0 Å². The fourth-order valence-electron chi connectivity index (χ4n) is 10.2. The van der Waals surface area contributed by atoms with Gasteiger partial charge in [0, 0.05) is 19.3 Å². The van der Waals surface area contributed by atoms with E-state index in [1.54, 1.807) is 0 Å². The first-order valence-electron chi connectivity index (χ1n) is 34.0. The fourth-order valence-corrected chi connectivity index (χ4v) is 10.2. The Hall–Kier alpha value is -2.37. The second kappa shape index (κ2) is 65.2. The van der Waals surface area contributed by atoms with Crippen LogP contribution in [0.4, 0.5) is 0 Å². The third-order valence-corrected chi connectivity index (χ3v) is 15.3. The number of allylic oxidation sites excluding steroid dienone is 6. The van der Waals surface area contributed by atoms with E-state index in [1.807, 2.05) is 0 Å². The predicted octanol–water partition coefficient (Wildman–Crippen LogP) is 23.2. The lowest BCUT2D eigenvalue weighted by atomic mass is 10.0.